The molecule has 1 saturated carbocycles. The van der Waals surface area contributed by atoms with Crippen molar-refractivity contribution in [1.29, 1.82) is 0 Å². The van der Waals surface area contributed by atoms with Crippen LogP contribution in [0.15, 0.2) is 16.6 Å². The highest BCUT2D eigenvalue weighted by Gasteiger charge is 2.60. The fraction of sp³-hybridized carbons (Fsp3) is 0.364. The Morgan fingerprint density at radius 2 is 2.27 bits per heavy atom. The van der Waals surface area contributed by atoms with Crippen LogP contribution in [0, 0.1) is 11.8 Å². The van der Waals surface area contributed by atoms with Gasteiger partial charge in [0.05, 0.1) is 5.92 Å². The van der Waals surface area contributed by atoms with E-state index in [2.05, 4.69) is 15.9 Å². The lowest BCUT2D eigenvalue weighted by molar-refractivity contribution is -0.139. The van der Waals surface area contributed by atoms with Crippen LogP contribution in [0.3, 0.4) is 0 Å². The largest absolute Gasteiger partial charge is 0.481 e. The van der Waals surface area contributed by atoms with Gasteiger partial charge in [-0.3, -0.25) is 4.79 Å². The summed E-state index contributed by atoms with van der Waals surface area (Å²) in [6.45, 7) is 0. The van der Waals surface area contributed by atoms with Gasteiger partial charge >= 0.3 is 5.97 Å². The van der Waals surface area contributed by atoms with Gasteiger partial charge < -0.3 is 5.11 Å². The molecular formula is C11H8BrClO2. The van der Waals surface area contributed by atoms with Crippen molar-refractivity contribution in [3.05, 3.63) is 32.8 Å². The second kappa shape index (κ2) is 2.98. The molecule has 3 rings (SSSR count). The fourth-order valence-corrected chi connectivity index (χ4v) is 3.67. The van der Waals surface area contributed by atoms with E-state index < -0.39 is 5.97 Å². The summed E-state index contributed by atoms with van der Waals surface area (Å²) < 4.78 is 0.933. The third kappa shape index (κ3) is 1.26. The van der Waals surface area contributed by atoms with Crippen molar-refractivity contribution in [3.8, 4) is 0 Å². The maximum Gasteiger partial charge on any atom is 0.307 e. The number of carbonyl (C=O) groups is 1. The molecule has 0 spiro atoms. The lowest BCUT2D eigenvalue weighted by Gasteiger charge is -2.08. The van der Waals surface area contributed by atoms with Crippen molar-refractivity contribution < 1.29 is 9.90 Å². The standard InChI is InChI=1S/C11H8BrClO2/c12-4-1-6-5(8(13)2-4)3-7-9(6)10(7)11(14)15/h1-2,7,9-10H,3H2,(H,14,15)/t7-,9+,10-/m1/s1. The first-order chi connectivity index (χ1) is 7.09. The highest BCUT2D eigenvalue weighted by atomic mass is 79.9. The molecule has 1 N–H and O–H groups in total. The zero-order chi connectivity index (χ0) is 10.7. The molecule has 1 fully saturated rings. The van der Waals surface area contributed by atoms with Gasteiger partial charge in [-0.05, 0) is 35.6 Å². The van der Waals surface area contributed by atoms with Gasteiger partial charge in [-0.2, -0.15) is 0 Å². The monoisotopic (exact) mass is 286 g/mol. The van der Waals surface area contributed by atoms with E-state index in [1.807, 2.05) is 12.1 Å². The Balaban J connectivity index is 2.05. The molecule has 1 aromatic rings. The smallest absolute Gasteiger partial charge is 0.307 e. The summed E-state index contributed by atoms with van der Waals surface area (Å²) in [6, 6.07) is 3.88. The van der Waals surface area contributed by atoms with Crippen molar-refractivity contribution in [2.45, 2.75) is 12.3 Å². The van der Waals surface area contributed by atoms with E-state index >= 15 is 0 Å². The second-order valence-corrected chi connectivity index (χ2v) is 5.54. The summed E-state index contributed by atoms with van der Waals surface area (Å²) in [5.41, 5.74) is 2.28. The van der Waals surface area contributed by atoms with Crippen LogP contribution < -0.4 is 0 Å². The summed E-state index contributed by atoms with van der Waals surface area (Å²) in [5.74, 6) is -0.369. The average molecular weight is 288 g/mol. The van der Waals surface area contributed by atoms with Gasteiger partial charge in [0.1, 0.15) is 0 Å². The molecule has 0 aliphatic heterocycles. The minimum Gasteiger partial charge on any atom is -0.481 e. The molecule has 78 valence electrons. The van der Waals surface area contributed by atoms with Gasteiger partial charge in [-0.1, -0.05) is 27.5 Å². The average Bonchev–Trinajstić information content (AvgIpc) is 2.74. The van der Waals surface area contributed by atoms with E-state index in [4.69, 9.17) is 16.7 Å². The summed E-state index contributed by atoms with van der Waals surface area (Å²) in [4.78, 5) is 10.9. The van der Waals surface area contributed by atoms with Crippen LogP contribution >= 0.6 is 27.5 Å². The first-order valence-corrected chi connectivity index (χ1v) is 5.97. The molecular weight excluding hydrogens is 279 g/mol. The predicted octanol–water partition coefficient (Wildman–Crippen LogP) is 3.07. The number of rotatable bonds is 1. The lowest BCUT2D eigenvalue weighted by atomic mass is 10.0. The van der Waals surface area contributed by atoms with E-state index in [-0.39, 0.29) is 17.8 Å². The Labute approximate surface area is 100 Å². The second-order valence-electron chi connectivity index (χ2n) is 4.21. The van der Waals surface area contributed by atoms with Crippen LogP contribution in [0.2, 0.25) is 5.02 Å². The number of carboxylic acid groups (broad SMARTS) is 1. The number of benzene rings is 1. The molecule has 0 bridgehead atoms. The number of hydrogen-bond acceptors (Lipinski definition) is 1. The number of aliphatic carboxylic acids is 1. The number of carboxylic acids is 1. The van der Waals surface area contributed by atoms with E-state index in [1.165, 1.54) is 0 Å². The van der Waals surface area contributed by atoms with Crippen LogP contribution in [0.5, 0.6) is 0 Å². The van der Waals surface area contributed by atoms with E-state index in [0.29, 0.717) is 0 Å². The maximum absolute atomic E-state index is 10.9. The van der Waals surface area contributed by atoms with Crippen molar-refractivity contribution in [2.24, 2.45) is 11.8 Å². The fourth-order valence-electron chi connectivity index (χ4n) is 2.76. The Bertz CT molecular complexity index is 472. The zero-order valence-corrected chi connectivity index (χ0v) is 10.0. The van der Waals surface area contributed by atoms with E-state index in [0.717, 1.165) is 27.0 Å². The third-order valence-corrected chi connectivity index (χ3v) is 4.24. The number of halogens is 2. The maximum atomic E-state index is 10.9. The molecule has 15 heavy (non-hydrogen) atoms. The van der Waals surface area contributed by atoms with Gasteiger partial charge in [0.25, 0.3) is 0 Å². The van der Waals surface area contributed by atoms with Crippen LogP contribution in [0.25, 0.3) is 0 Å². The van der Waals surface area contributed by atoms with Crippen molar-refractivity contribution in [1.82, 2.24) is 0 Å². The molecule has 0 amide bonds. The molecule has 0 heterocycles. The summed E-state index contributed by atoms with van der Waals surface area (Å²) in [7, 11) is 0. The van der Waals surface area contributed by atoms with Crippen LogP contribution in [-0.2, 0) is 11.2 Å². The summed E-state index contributed by atoms with van der Waals surface area (Å²) >= 11 is 9.50. The Morgan fingerprint density at radius 3 is 2.93 bits per heavy atom. The lowest BCUT2D eigenvalue weighted by Crippen LogP contribution is -2.05. The molecule has 0 radical (unpaired) electrons. The molecule has 0 unspecified atom stereocenters. The Hall–Kier alpha value is -0.540. The van der Waals surface area contributed by atoms with E-state index in [1.54, 1.807) is 0 Å². The minimum absolute atomic E-state index is 0.178. The van der Waals surface area contributed by atoms with Crippen LogP contribution in [0.1, 0.15) is 17.0 Å². The Kier molecular flexibility index (Phi) is 1.92. The molecule has 2 aliphatic carbocycles. The molecule has 2 nitrogen and oxygen atoms in total. The predicted molar refractivity (Wildman–Crippen MR) is 60.2 cm³/mol. The molecule has 4 heteroatoms. The van der Waals surface area contributed by atoms with Crippen molar-refractivity contribution in [3.63, 3.8) is 0 Å². The number of fused-ring (bicyclic) bond motifs is 3. The summed E-state index contributed by atoms with van der Waals surface area (Å²) in [6.07, 6.45) is 0.822. The minimum atomic E-state index is -0.674. The SMILES string of the molecule is O=C(O)[C@@H]1[C@@H]2Cc3c(Cl)cc(Br)cc3[C@@H]21. The van der Waals surface area contributed by atoms with Crippen molar-refractivity contribution >= 4 is 33.5 Å². The van der Waals surface area contributed by atoms with Gasteiger partial charge in [-0.15, -0.1) is 0 Å². The topological polar surface area (TPSA) is 37.3 Å². The van der Waals surface area contributed by atoms with Crippen LogP contribution in [-0.4, -0.2) is 11.1 Å². The first-order valence-electron chi connectivity index (χ1n) is 4.80. The van der Waals surface area contributed by atoms with Gasteiger partial charge in [-0.25, -0.2) is 0 Å². The first kappa shape index (κ1) is 9.67. The van der Waals surface area contributed by atoms with Crippen LogP contribution in [0.4, 0.5) is 0 Å². The van der Waals surface area contributed by atoms with Gasteiger partial charge in [0.2, 0.25) is 0 Å². The highest BCUT2D eigenvalue weighted by molar-refractivity contribution is 9.10. The third-order valence-electron chi connectivity index (χ3n) is 3.45. The molecule has 3 atom stereocenters. The summed E-state index contributed by atoms with van der Waals surface area (Å²) in [5, 5.41) is 9.74. The molecule has 1 aromatic carbocycles. The van der Waals surface area contributed by atoms with Crippen molar-refractivity contribution in [2.75, 3.05) is 0 Å². The van der Waals surface area contributed by atoms with Gasteiger partial charge in [0.15, 0.2) is 0 Å². The highest BCUT2D eigenvalue weighted by Crippen LogP contribution is 2.62. The quantitative estimate of drug-likeness (QED) is 0.862. The normalized spacial score (nSPS) is 30.9. The van der Waals surface area contributed by atoms with Gasteiger partial charge in [0, 0.05) is 15.4 Å². The molecule has 0 saturated heterocycles. The molecule has 2 aliphatic rings. The molecule has 0 aromatic heterocycles. The Morgan fingerprint density at radius 1 is 1.53 bits per heavy atom. The zero-order valence-electron chi connectivity index (χ0n) is 7.71. The number of hydrogen-bond donors (Lipinski definition) is 1. The van der Waals surface area contributed by atoms with E-state index in [9.17, 15) is 4.79 Å².